The number of rotatable bonds is 5. The lowest BCUT2D eigenvalue weighted by Crippen LogP contribution is -2.32. The van der Waals surface area contributed by atoms with E-state index in [0.29, 0.717) is 0 Å². The Labute approximate surface area is 213 Å². The standard InChI is InChI=1S/C14H18F3N5O2.C5H9NO2.C4H8O/c1-13(2,3)22-11(5-6-18-22)19-12(23)10-7-9(8-24-4)20-21(10)14(15,16)17;1-5(2-3-5)6-4(7)8;1-2-4-5-3-1/h5-7H,8H2,1-4H3,(H,19,23);6H,2-3H2,1H3,(H,7,8);1-4H2. The molecule has 11 nitrogen and oxygen atoms in total. The van der Waals surface area contributed by atoms with Crippen molar-refractivity contribution in [2.75, 3.05) is 25.6 Å². The summed E-state index contributed by atoms with van der Waals surface area (Å²) in [5.74, 6) is -0.649. The fourth-order valence-corrected chi connectivity index (χ4v) is 3.20. The molecule has 0 unspecified atom stereocenters. The van der Waals surface area contributed by atoms with Crippen molar-refractivity contribution < 1.29 is 37.3 Å². The number of aromatic nitrogens is 4. The molecule has 208 valence electrons. The summed E-state index contributed by atoms with van der Waals surface area (Å²) < 4.78 is 50.2. The van der Waals surface area contributed by atoms with Gasteiger partial charge in [0.2, 0.25) is 0 Å². The largest absolute Gasteiger partial charge is 0.505 e. The third kappa shape index (κ3) is 9.69. The Morgan fingerprint density at radius 2 is 1.81 bits per heavy atom. The van der Waals surface area contributed by atoms with Crippen LogP contribution in [0.25, 0.3) is 0 Å². The molecule has 37 heavy (non-hydrogen) atoms. The molecule has 1 saturated carbocycles. The summed E-state index contributed by atoms with van der Waals surface area (Å²) in [6.45, 7) is 9.33. The number of alkyl halides is 3. The molecule has 4 rings (SSSR count). The molecule has 2 fully saturated rings. The van der Waals surface area contributed by atoms with Gasteiger partial charge in [-0.2, -0.15) is 14.9 Å². The Morgan fingerprint density at radius 1 is 1.19 bits per heavy atom. The summed E-state index contributed by atoms with van der Waals surface area (Å²) in [6, 6.07) is 2.55. The third-order valence-electron chi connectivity index (χ3n) is 5.28. The lowest BCUT2D eigenvalue weighted by molar-refractivity contribution is -0.213. The van der Waals surface area contributed by atoms with Crippen molar-refractivity contribution in [2.24, 2.45) is 0 Å². The molecule has 2 amide bonds. The predicted molar refractivity (Wildman–Crippen MR) is 128 cm³/mol. The number of nitrogens with one attached hydrogen (secondary N) is 2. The molecule has 0 radical (unpaired) electrons. The van der Waals surface area contributed by atoms with Gasteiger partial charge in [-0.05, 0) is 59.4 Å². The topological polar surface area (TPSA) is 133 Å². The van der Waals surface area contributed by atoms with Gasteiger partial charge < -0.3 is 25.2 Å². The maximum absolute atomic E-state index is 13.1. The quantitative estimate of drug-likeness (QED) is 0.523. The van der Waals surface area contributed by atoms with Crippen LogP contribution in [0, 0.1) is 0 Å². The number of hydrogen-bond donors (Lipinski definition) is 3. The number of carboxylic acid groups (broad SMARTS) is 1. The van der Waals surface area contributed by atoms with Crippen LogP contribution in [0.1, 0.15) is 69.6 Å². The zero-order chi connectivity index (χ0) is 27.9. The summed E-state index contributed by atoms with van der Waals surface area (Å²) in [4.78, 5) is 22.3. The van der Waals surface area contributed by atoms with Gasteiger partial charge in [-0.25, -0.2) is 9.48 Å². The molecule has 0 spiro atoms. The van der Waals surface area contributed by atoms with E-state index in [0.717, 1.165) is 32.1 Å². The van der Waals surface area contributed by atoms with Crippen LogP contribution in [0.3, 0.4) is 0 Å². The Hall–Kier alpha value is -3.13. The first-order valence-corrected chi connectivity index (χ1v) is 11.8. The molecular formula is C23H35F3N6O5. The fraction of sp³-hybridized carbons (Fsp3) is 0.652. The molecule has 2 aromatic heterocycles. The van der Waals surface area contributed by atoms with Crippen molar-refractivity contribution in [3.8, 4) is 0 Å². The van der Waals surface area contributed by atoms with Crippen molar-refractivity contribution in [2.45, 2.75) is 77.4 Å². The van der Waals surface area contributed by atoms with Crippen molar-refractivity contribution in [3.63, 3.8) is 0 Å². The van der Waals surface area contributed by atoms with Crippen molar-refractivity contribution >= 4 is 17.8 Å². The van der Waals surface area contributed by atoms with Crippen LogP contribution in [0.4, 0.5) is 23.8 Å². The number of anilines is 1. The van der Waals surface area contributed by atoms with Gasteiger partial charge >= 0.3 is 12.4 Å². The number of carbonyl (C=O) groups excluding carboxylic acids is 1. The van der Waals surface area contributed by atoms with Crippen LogP contribution in [0.15, 0.2) is 18.3 Å². The number of ether oxygens (including phenoxy) is 2. The molecule has 14 heteroatoms. The molecule has 3 heterocycles. The Bertz CT molecular complexity index is 1030. The SMILES string of the molecule is C1CCOC1.CC1(NC(=O)O)CC1.COCc1cc(C(=O)Nc2ccnn2C(C)(C)C)n(C(F)(F)F)n1. The molecular weight excluding hydrogens is 497 g/mol. The van der Waals surface area contributed by atoms with E-state index < -0.39 is 29.5 Å². The number of halogens is 3. The van der Waals surface area contributed by atoms with Gasteiger partial charge in [0, 0.05) is 31.9 Å². The number of methoxy groups -OCH3 is 1. The fourth-order valence-electron chi connectivity index (χ4n) is 3.20. The van der Waals surface area contributed by atoms with Gasteiger partial charge in [0.25, 0.3) is 5.91 Å². The summed E-state index contributed by atoms with van der Waals surface area (Å²) in [6.07, 6.45) is 0.254. The van der Waals surface area contributed by atoms with Gasteiger partial charge in [-0.3, -0.25) is 4.79 Å². The maximum Gasteiger partial charge on any atom is 0.505 e. The first-order chi connectivity index (χ1) is 17.2. The Kier molecular flexibility index (Phi) is 10.1. The molecule has 0 atom stereocenters. The molecule has 1 saturated heterocycles. The summed E-state index contributed by atoms with van der Waals surface area (Å²) in [7, 11) is 1.33. The predicted octanol–water partition coefficient (Wildman–Crippen LogP) is 4.31. The molecule has 3 N–H and O–H groups in total. The van der Waals surface area contributed by atoms with E-state index in [4.69, 9.17) is 14.6 Å². The number of hydrogen-bond acceptors (Lipinski definition) is 6. The number of nitrogens with zero attached hydrogens (tertiary/aromatic N) is 4. The highest BCUT2D eigenvalue weighted by molar-refractivity contribution is 6.02. The Balaban J connectivity index is 0.000000298. The highest BCUT2D eigenvalue weighted by atomic mass is 19.4. The highest BCUT2D eigenvalue weighted by Crippen LogP contribution is 2.33. The highest BCUT2D eigenvalue weighted by Gasteiger charge is 2.39. The molecule has 2 aliphatic rings. The molecule has 1 aliphatic carbocycles. The maximum atomic E-state index is 13.1. The van der Waals surface area contributed by atoms with Crippen LogP contribution in [-0.2, 0) is 27.9 Å². The van der Waals surface area contributed by atoms with E-state index in [1.165, 1.54) is 36.9 Å². The van der Waals surface area contributed by atoms with Crippen molar-refractivity contribution in [1.29, 1.82) is 0 Å². The van der Waals surface area contributed by atoms with Gasteiger partial charge in [0.05, 0.1) is 24.0 Å². The molecule has 0 bridgehead atoms. The normalized spacial score (nSPS) is 16.1. The van der Waals surface area contributed by atoms with Crippen LogP contribution in [0.2, 0.25) is 0 Å². The monoisotopic (exact) mass is 532 g/mol. The van der Waals surface area contributed by atoms with E-state index >= 15 is 0 Å². The minimum atomic E-state index is -4.82. The van der Waals surface area contributed by atoms with Crippen LogP contribution < -0.4 is 10.6 Å². The molecule has 1 aliphatic heterocycles. The van der Waals surface area contributed by atoms with E-state index in [-0.39, 0.29) is 28.3 Å². The zero-order valence-corrected chi connectivity index (χ0v) is 21.7. The van der Waals surface area contributed by atoms with Crippen LogP contribution >= 0.6 is 0 Å². The third-order valence-corrected chi connectivity index (χ3v) is 5.28. The van der Waals surface area contributed by atoms with Crippen molar-refractivity contribution in [1.82, 2.24) is 24.9 Å². The summed E-state index contributed by atoms with van der Waals surface area (Å²) in [5, 5.41) is 20.5. The van der Waals surface area contributed by atoms with E-state index in [2.05, 4.69) is 20.8 Å². The second-order valence-corrected chi connectivity index (χ2v) is 9.90. The smallest absolute Gasteiger partial charge is 0.465 e. The van der Waals surface area contributed by atoms with Gasteiger partial charge in [0.15, 0.2) is 0 Å². The second-order valence-electron chi connectivity index (χ2n) is 9.90. The number of amides is 2. The lowest BCUT2D eigenvalue weighted by Gasteiger charge is -2.22. The summed E-state index contributed by atoms with van der Waals surface area (Å²) >= 11 is 0. The van der Waals surface area contributed by atoms with E-state index in [1.807, 2.05) is 27.7 Å². The summed E-state index contributed by atoms with van der Waals surface area (Å²) in [5.41, 5.74) is -1.15. The van der Waals surface area contributed by atoms with E-state index in [9.17, 15) is 22.8 Å². The minimum absolute atomic E-state index is 0.00399. The molecule has 0 aromatic carbocycles. The zero-order valence-electron chi connectivity index (χ0n) is 21.7. The average molecular weight is 533 g/mol. The first kappa shape index (κ1) is 30.1. The van der Waals surface area contributed by atoms with E-state index in [1.54, 1.807) is 0 Å². The van der Waals surface area contributed by atoms with Crippen LogP contribution in [-0.4, -0.2) is 62.5 Å². The lowest BCUT2D eigenvalue weighted by atomic mass is 10.1. The second kappa shape index (κ2) is 12.4. The Morgan fingerprint density at radius 3 is 2.22 bits per heavy atom. The number of carbonyl (C=O) groups is 2. The molecule has 2 aromatic rings. The van der Waals surface area contributed by atoms with Crippen molar-refractivity contribution in [3.05, 3.63) is 29.7 Å². The minimum Gasteiger partial charge on any atom is -0.465 e. The van der Waals surface area contributed by atoms with Gasteiger partial charge in [0.1, 0.15) is 11.5 Å². The van der Waals surface area contributed by atoms with Gasteiger partial charge in [-0.1, -0.05) is 0 Å². The van der Waals surface area contributed by atoms with Crippen LogP contribution in [0.5, 0.6) is 0 Å². The average Bonchev–Trinajstić information content (AvgIpc) is 3.29. The van der Waals surface area contributed by atoms with Gasteiger partial charge in [-0.15, -0.1) is 13.2 Å². The first-order valence-electron chi connectivity index (χ1n) is 11.8.